The first-order chi connectivity index (χ1) is 8.36. The molecule has 0 spiro atoms. The average molecular weight is 260 g/mol. The van der Waals surface area contributed by atoms with Gasteiger partial charge in [-0.15, -0.1) is 11.3 Å². The minimum Gasteiger partial charge on any atom is -0.382 e. The third kappa shape index (κ3) is 6.70. The van der Waals surface area contributed by atoms with Gasteiger partial charge in [-0.3, -0.25) is 0 Å². The number of aromatic nitrogens is 1. The van der Waals surface area contributed by atoms with Crippen molar-refractivity contribution in [2.45, 2.75) is 13.2 Å². The summed E-state index contributed by atoms with van der Waals surface area (Å²) in [6, 6.07) is 0. The number of hydrogen-bond acceptors (Lipinski definition) is 6. The SMILES string of the molecule is CNCc1nc(COCCOCCOC)cs1. The van der Waals surface area contributed by atoms with Crippen molar-refractivity contribution in [3.8, 4) is 0 Å². The number of nitrogens with one attached hydrogen (secondary N) is 1. The summed E-state index contributed by atoms with van der Waals surface area (Å²) >= 11 is 1.65. The highest BCUT2D eigenvalue weighted by molar-refractivity contribution is 7.09. The van der Waals surface area contributed by atoms with Crippen molar-refractivity contribution < 1.29 is 14.2 Å². The molecule has 0 unspecified atom stereocenters. The Morgan fingerprint density at radius 2 is 2.00 bits per heavy atom. The van der Waals surface area contributed by atoms with Gasteiger partial charge in [-0.1, -0.05) is 0 Å². The zero-order valence-corrected chi connectivity index (χ0v) is 11.2. The maximum Gasteiger partial charge on any atom is 0.107 e. The van der Waals surface area contributed by atoms with Crippen LogP contribution in [0.2, 0.25) is 0 Å². The van der Waals surface area contributed by atoms with E-state index in [2.05, 4.69) is 10.3 Å². The Morgan fingerprint density at radius 1 is 1.24 bits per heavy atom. The summed E-state index contributed by atoms with van der Waals surface area (Å²) in [5.41, 5.74) is 0.983. The molecule has 1 aromatic rings. The zero-order valence-electron chi connectivity index (χ0n) is 10.4. The largest absolute Gasteiger partial charge is 0.382 e. The van der Waals surface area contributed by atoms with Crippen LogP contribution < -0.4 is 5.32 Å². The van der Waals surface area contributed by atoms with E-state index in [4.69, 9.17) is 14.2 Å². The zero-order chi connectivity index (χ0) is 12.3. The minimum absolute atomic E-state index is 0.549. The van der Waals surface area contributed by atoms with E-state index in [0.717, 1.165) is 17.2 Å². The van der Waals surface area contributed by atoms with E-state index in [1.165, 1.54) is 0 Å². The van der Waals surface area contributed by atoms with Gasteiger partial charge in [0.05, 0.1) is 38.7 Å². The molecule has 98 valence electrons. The average Bonchev–Trinajstić information content (AvgIpc) is 2.76. The van der Waals surface area contributed by atoms with Crippen molar-refractivity contribution in [1.82, 2.24) is 10.3 Å². The first-order valence-corrected chi connectivity index (χ1v) is 6.47. The van der Waals surface area contributed by atoms with Crippen molar-refractivity contribution in [1.29, 1.82) is 0 Å². The summed E-state index contributed by atoms with van der Waals surface area (Å²) in [4.78, 5) is 4.42. The van der Waals surface area contributed by atoms with E-state index in [0.29, 0.717) is 33.0 Å². The van der Waals surface area contributed by atoms with Crippen LogP contribution in [0.5, 0.6) is 0 Å². The fourth-order valence-corrected chi connectivity index (χ4v) is 1.98. The van der Waals surface area contributed by atoms with Gasteiger partial charge in [0, 0.05) is 19.0 Å². The first-order valence-electron chi connectivity index (χ1n) is 5.59. The summed E-state index contributed by atoms with van der Waals surface area (Å²) in [5.74, 6) is 0. The van der Waals surface area contributed by atoms with Crippen LogP contribution in [-0.2, 0) is 27.4 Å². The lowest BCUT2D eigenvalue weighted by Gasteiger charge is -2.03. The second-order valence-corrected chi connectivity index (χ2v) is 4.36. The van der Waals surface area contributed by atoms with Crippen LogP contribution in [0.25, 0.3) is 0 Å². The number of nitrogens with zero attached hydrogens (tertiary/aromatic N) is 1. The maximum absolute atomic E-state index is 5.45. The normalized spacial score (nSPS) is 10.9. The van der Waals surface area contributed by atoms with Crippen LogP contribution in [-0.4, -0.2) is 45.6 Å². The van der Waals surface area contributed by atoms with E-state index in [1.807, 2.05) is 12.4 Å². The van der Waals surface area contributed by atoms with Gasteiger partial charge < -0.3 is 19.5 Å². The quantitative estimate of drug-likeness (QED) is 0.637. The molecule has 17 heavy (non-hydrogen) atoms. The van der Waals surface area contributed by atoms with E-state index in [9.17, 15) is 0 Å². The number of ether oxygens (including phenoxy) is 3. The van der Waals surface area contributed by atoms with Crippen LogP contribution in [0.3, 0.4) is 0 Å². The number of hydrogen-bond donors (Lipinski definition) is 1. The maximum atomic E-state index is 5.45. The molecule has 1 N–H and O–H groups in total. The lowest BCUT2D eigenvalue weighted by molar-refractivity contribution is 0.0193. The molecule has 5 nitrogen and oxygen atoms in total. The molecule has 0 amide bonds. The first kappa shape index (κ1) is 14.5. The summed E-state index contributed by atoms with van der Waals surface area (Å²) in [5, 5.41) is 6.18. The van der Waals surface area contributed by atoms with E-state index < -0.39 is 0 Å². The molecular weight excluding hydrogens is 240 g/mol. The van der Waals surface area contributed by atoms with Crippen molar-refractivity contribution >= 4 is 11.3 Å². The molecule has 0 aliphatic carbocycles. The molecule has 0 bridgehead atoms. The highest BCUT2D eigenvalue weighted by Crippen LogP contribution is 2.10. The van der Waals surface area contributed by atoms with Crippen molar-refractivity contribution in [2.75, 3.05) is 40.6 Å². The van der Waals surface area contributed by atoms with E-state index >= 15 is 0 Å². The van der Waals surface area contributed by atoms with E-state index in [-0.39, 0.29) is 0 Å². The Morgan fingerprint density at radius 3 is 2.76 bits per heavy atom. The summed E-state index contributed by atoms with van der Waals surface area (Å²) in [6.07, 6.45) is 0. The molecule has 1 heterocycles. The van der Waals surface area contributed by atoms with Crippen LogP contribution in [0.4, 0.5) is 0 Å². The highest BCUT2D eigenvalue weighted by Gasteiger charge is 2.00. The molecule has 0 aromatic carbocycles. The third-order valence-corrected chi connectivity index (χ3v) is 2.88. The minimum atomic E-state index is 0.549. The fourth-order valence-electron chi connectivity index (χ4n) is 1.19. The van der Waals surface area contributed by atoms with Crippen LogP contribution >= 0.6 is 11.3 Å². The predicted molar refractivity (Wildman–Crippen MR) is 67.2 cm³/mol. The summed E-state index contributed by atoms with van der Waals surface area (Å²) in [6.45, 7) is 3.78. The molecule has 6 heteroatoms. The number of thiazole rings is 1. The van der Waals surface area contributed by atoms with Gasteiger partial charge in [0.15, 0.2) is 0 Å². The van der Waals surface area contributed by atoms with Crippen LogP contribution in [0.15, 0.2) is 5.38 Å². The topological polar surface area (TPSA) is 52.6 Å². The molecule has 0 atom stereocenters. The number of rotatable bonds is 10. The van der Waals surface area contributed by atoms with Gasteiger partial charge in [-0.2, -0.15) is 0 Å². The molecule has 1 rings (SSSR count). The Balaban J connectivity index is 2.01. The van der Waals surface area contributed by atoms with Gasteiger partial charge in [-0.05, 0) is 7.05 Å². The van der Waals surface area contributed by atoms with Crippen molar-refractivity contribution in [2.24, 2.45) is 0 Å². The Bertz CT molecular complexity index is 294. The smallest absolute Gasteiger partial charge is 0.107 e. The van der Waals surface area contributed by atoms with Gasteiger partial charge in [0.1, 0.15) is 5.01 Å². The Labute approximate surface area is 106 Å². The molecule has 0 saturated heterocycles. The van der Waals surface area contributed by atoms with Gasteiger partial charge in [0.25, 0.3) is 0 Å². The second kappa shape index (κ2) is 9.49. The lowest BCUT2D eigenvalue weighted by Crippen LogP contribution is -2.08. The van der Waals surface area contributed by atoms with Gasteiger partial charge >= 0.3 is 0 Å². The van der Waals surface area contributed by atoms with Crippen molar-refractivity contribution in [3.05, 3.63) is 16.1 Å². The van der Waals surface area contributed by atoms with E-state index in [1.54, 1.807) is 18.4 Å². The molecular formula is C11H20N2O3S. The monoisotopic (exact) mass is 260 g/mol. The van der Waals surface area contributed by atoms with Gasteiger partial charge in [0.2, 0.25) is 0 Å². The Hall–Kier alpha value is -0.530. The second-order valence-electron chi connectivity index (χ2n) is 3.42. The van der Waals surface area contributed by atoms with Gasteiger partial charge in [-0.25, -0.2) is 4.98 Å². The molecule has 0 saturated carbocycles. The summed E-state index contributed by atoms with van der Waals surface area (Å²) < 4.78 is 15.6. The highest BCUT2D eigenvalue weighted by atomic mass is 32.1. The number of methoxy groups -OCH3 is 1. The standard InChI is InChI=1S/C11H20N2O3S/c1-12-7-11-13-10(9-17-11)8-16-6-5-15-4-3-14-2/h9,12H,3-8H2,1-2H3. The molecule has 0 aliphatic heterocycles. The van der Waals surface area contributed by atoms with Crippen molar-refractivity contribution in [3.63, 3.8) is 0 Å². The summed E-state index contributed by atoms with van der Waals surface area (Å²) in [7, 11) is 3.57. The predicted octanol–water partition coefficient (Wildman–Crippen LogP) is 1.04. The van der Waals surface area contributed by atoms with Crippen LogP contribution in [0.1, 0.15) is 10.7 Å². The Kier molecular flexibility index (Phi) is 8.12. The molecule has 0 radical (unpaired) electrons. The third-order valence-electron chi connectivity index (χ3n) is 1.98. The molecule has 1 aromatic heterocycles. The van der Waals surface area contributed by atoms with Crippen LogP contribution in [0, 0.1) is 0 Å². The molecule has 0 aliphatic rings. The lowest BCUT2D eigenvalue weighted by atomic mass is 10.5. The molecule has 0 fully saturated rings. The fraction of sp³-hybridized carbons (Fsp3) is 0.727.